The van der Waals surface area contributed by atoms with Gasteiger partial charge in [-0.15, -0.1) is 0 Å². The summed E-state index contributed by atoms with van der Waals surface area (Å²) in [4.78, 5) is 19.7. The number of anilines is 2. The number of pyridine rings is 2. The lowest BCUT2D eigenvalue weighted by Crippen LogP contribution is -2.37. The first-order valence-electron chi connectivity index (χ1n) is 9.40. The van der Waals surface area contributed by atoms with Gasteiger partial charge in [-0.25, -0.2) is 14.2 Å². The van der Waals surface area contributed by atoms with E-state index in [-0.39, 0.29) is 0 Å². The highest BCUT2D eigenvalue weighted by molar-refractivity contribution is 7.86. The Labute approximate surface area is 177 Å². The summed E-state index contributed by atoms with van der Waals surface area (Å²) < 4.78 is 20.8. The van der Waals surface area contributed by atoms with Gasteiger partial charge in [-0.1, -0.05) is 11.8 Å². The molecule has 1 aliphatic rings. The third-order valence-electron chi connectivity index (χ3n) is 4.46. The fraction of sp³-hybridized carbons (Fsp3) is 0.238. The third-order valence-corrected chi connectivity index (χ3v) is 5.55. The Morgan fingerprint density at radius 1 is 1.13 bits per heavy atom. The summed E-state index contributed by atoms with van der Waals surface area (Å²) in [5, 5.41) is 0. The van der Waals surface area contributed by atoms with Gasteiger partial charge in [0.15, 0.2) is 11.0 Å². The largest absolute Gasteiger partial charge is 0.378 e. The molecule has 8 nitrogen and oxygen atoms in total. The van der Waals surface area contributed by atoms with Crippen LogP contribution in [0.1, 0.15) is 16.8 Å². The molecule has 1 N–H and O–H groups in total. The molecule has 0 saturated carbocycles. The van der Waals surface area contributed by atoms with Gasteiger partial charge in [0.2, 0.25) is 0 Å². The van der Waals surface area contributed by atoms with E-state index in [1.165, 1.54) is 0 Å². The molecule has 0 amide bonds. The van der Waals surface area contributed by atoms with E-state index in [9.17, 15) is 4.21 Å². The fourth-order valence-electron chi connectivity index (χ4n) is 2.94. The van der Waals surface area contributed by atoms with Crippen molar-refractivity contribution in [3.63, 3.8) is 0 Å². The second-order valence-corrected chi connectivity index (χ2v) is 7.74. The van der Waals surface area contributed by atoms with Gasteiger partial charge in [0.1, 0.15) is 12.1 Å². The molecule has 1 saturated heterocycles. The van der Waals surface area contributed by atoms with Gasteiger partial charge in [0, 0.05) is 37.2 Å². The molecule has 0 spiro atoms. The number of ether oxygens (including phenoxy) is 1. The summed E-state index contributed by atoms with van der Waals surface area (Å²) in [6.45, 7) is 4.80. The van der Waals surface area contributed by atoms with E-state index in [1.54, 1.807) is 43.2 Å². The van der Waals surface area contributed by atoms with Crippen LogP contribution in [0.25, 0.3) is 0 Å². The maximum Gasteiger partial charge on any atom is 0.151 e. The van der Waals surface area contributed by atoms with E-state index in [0.29, 0.717) is 29.4 Å². The number of aryl methyl sites for hydroxylation is 1. The average Bonchev–Trinajstić information content (AvgIpc) is 2.79. The first-order chi connectivity index (χ1) is 14.7. The Kier molecular flexibility index (Phi) is 6.27. The van der Waals surface area contributed by atoms with Crippen molar-refractivity contribution in [2.24, 2.45) is 0 Å². The number of nitrogens with one attached hydrogen (secondary N) is 1. The third kappa shape index (κ3) is 4.79. The van der Waals surface area contributed by atoms with Crippen LogP contribution in [0.3, 0.4) is 0 Å². The van der Waals surface area contributed by atoms with E-state index in [4.69, 9.17) is 4.74 Å². The molecule has 3 aromatic heterocycles. The molecule has 0 radical (unpaired) electrons. The van der Waals surface area contributed by atoms with Crippen molar-refractivity contribution in [3.05, 3.63) is 66.1 Å². The van der Waals surface area contributed by atoms with Crippen molar-refractivity contribution in [2.75, 3.05) is 35.9 Å². The van der Waals surface area contributed by atoms with E-state index in [0.717, 1.165) is 30.2 Å². The van der Waals surface area contributed by atoms with Gasteiger partial charge < -0.3 is 9.64 Å². The Morgan fingerprint density at radius 2 is 2.00 bits per heavy atom. The molecule has 30 heavy (non-hydrogen) atoms. The molecule has 4 rings (SSSR count). The van der Waals surface area contributed by atoms with Crippen LogP contribution in [0.15, 0.2) is 54.2 Å². The maximum absolute atomic E-state index is 12.4. The van der Waals surface area contributed by atoms with Crippen molar-refractivity contribution >= 4 is 22.5 Å². The van der Waals surface area contributed by atoms with Crippen LogP contribution in [0.2, 0.25) is 0 Å². The minimum absolute atomic E-state index is 0.584. The van der Waals surface area contributed by atoms with Gasteiger partial charge in [-0.2, -0.15) is 0 Å². The summed E-state index contributed by atoms with van der Waals surface area (Å²) in [6.07, 6.45) is 8.03. The Morgan fingerprint density at radius 3 is 2.80 bits per heavy atom. The maximum atomic E-state index is 12.4. The quantitative estimate of drug-likeness (QED) is 0.645. The van der Waals surface area contributed by atoms with Gasteiger partial charge in [-0.3, -0.25) is 14.7 Å². The van der Waals surface area contributed by atoms with Crippen molar-refractivity contribution in [1.29, 1.82) is 0 Å². The minimum Gasteiger partial charge on any atom is -0.378 e. The van der Waals surface area contributed by atoms with Crippen molar-refractivity contribution < 1.29 is 8.95 Å². The van der Waals surface area contributed by atoms with E-state index >= 15 is 0 Å². The van der Waals surface area contributed by atoms with Crippen molar-refractivity contribution in [3.8, 4) is 11.8 Å². The molecule has 152 valence electrons. The number of hydrogen-bond donors (Lipinski definition) is 1. The highest BCUT2D eigenvalue weighted by Gasteiger charge is 2.17. The van der Waals surface area contributed by atoms with Gasteiger partial charge in [0.25, 0.3) is 0 Å². The zero-order chi connectivity index (χ0) is 20.8. The number of rotatable bonds is 4. The Balaban J connectivity index is 1.57. The van der Waals surface area contributed by atoms with Crippen LogP contribution < -0.4 is 9.62 Å². The molecule has 1 atom stereocenters. The van der Waals surface area contributed by atoms with E-state index in [1.807, 2.05) is 13.0 Å². The SMILES string of the molecule is Cc1ncnc(N2CCOCC2)c1C#Cc1cncc(NS(=O)c2cccnc2)c1. The summed E-state index contributed by atoms with van der Waals surface area (Å²) >= 11 is 0. The lowest BCUT2D eigenvalue weighted by molar-refractivity contribution is 0.122. The monoisotopic (exact) mass is 420 g/mol. The van der Waals surface area contributed by atoms with E-state index in [2.05, 4.69) is 41.4 Å². The zero-order valence-electron chi connectivity index (χ0n) is 16.4. The lowest BCUT2D eigenvalue weighted by atomic mass is 10.2. The van der Waals surface area contributed by atoms with Crippen molar-refractivity contribution in [1.82, 2.24) is 19.9 Å². The normalized spacial score (nSPS) is 14.5. The highest BCUT2D eigenvalue weighted by atomic mass is 32.2. The molecule has 9 heteroatoms. The fourth-order valence-corrected chi connectivity index (χ4v) is 3.75. The van der Waals surface area contributed by atoms with Crippen LogP contribution in [0, 0.1) is 18.8 Å². The van der Waals surface area contributed by atoms with Crippen LogP contribution in [-0.2, 0) is 15.7 Å². The predicted octanol–water partition coefficient (Wildman–Crippen LogP) is 1.95. The van der Waals surface area contributed by atoms with Gasteiger partial charge in [-0.05, 0) is 25.1 Å². The number of aromatic nitrogens is 4. The Bertz CT molecular complexity index is 1110. The van der Waals surface area contributed by atoms with Gasteiger partial charge in [0.05, 0.1) is 41.3 Å². The van der Waals surface area contributed by atoms with Crippen LogP contribution in [0.4, 0.5) is 11.5 Å². The summed E-state index contributed by atoms with van der Waals surface area (Å²) in [5.41, 5.74) is 2.91. The second kappa shape index (κ2) is 9.43. The number of hydrogen-bond acceptors (Lipinski definition) is 7. The smallest absolute Gasteiger partial charge is 0.151 e. The molecule has 1 unspecified atom stereocenters. The molecule has 0 bridgehead atoms. The molecular weight excluding hydrogens is 400 g/mol. The number of nitrogens with zero attached hydrogens (tertiary/aromatic N) is 5. The zero-order valence-corrected chi connectivity index (χ0v) is 17.2. The first kappa shape index (κ1) is 19.9. The molecule has 3 aromatic rings. The summed E-state index contributed by atoms with van der Waals surface area (Å²) in [7, 11) is -1.43. The van der Waals surface area contributed by atoms with Gasteiger partial charge >= 0.3 is 0 Å². The summed E-state index contributed by atoms with van der Waals surface area (Å²) in [6, 6.07) is 5.30. The lowest BCUT2D eigenvalue weighted by Gasteiger charge is -2.28. The minimum atomic E-state index is -1.43. The topological polar surface area (TPSA) is 93.1 Å². The second-order valence-electron chi connectivity index (χ2n) is 6.53. The molecule has 0 aromatic carbocycles. The van der Waals surface area contributed by atoms with Crippen molar-refractivity contribution in [2.45, 2.75) is 11.8 Å². The Hall–Kier alpha value is -3.35. The number of morpholine rings is 1. The van der Waals surface area contributed by atoms with Crippen LogP contribution in [0.5, 0.6) is 0 Å². The summed E-state index contributed by atoms with van der Waals surface area (Å²) in [5.74, 6) is 7.15. The van der Waals surface area contributed by atoms with Crippen LogP contribution in [-0.4, -0.2) is 50.4 Å². The molecule has 0 aliphatic carbocycles. The van der Waals surface area contributed by atoms with E-state index < -0.39 is 11.0 Å². The molecule has 4 heterocycles. The average molecular weight is 420 g/mol. The molecular formula is C21H20N6O2S. The predicted molar refractivity (Wildman–Crippen MR) is 114 cm³/mol. The standard InChI is InChI=1S/C21H20N6O2S/c1-16-20(21(25-15-24-16)27-7-9-29-10-8-27)5-4-17-11-18(13-23-12-17)26-30(28)19-3-2-6-22-14-19/h2-3,6,11-15,26H,7-10H2,1H3. The first-order valence-corrected chi connectivity index (χ1v) is 10.6. The molecule has 1 aliphatic heterocycles. The highest BCUT2D eigenvalue weighted by Crippen LogP contribution is 2.20. The molecule has 1 fully saturated rings. The van der Waals surface area contributed by atoms with Crippen LogP contribution >= 0.6 is 0 Å².